The van der Waals surface area contributed by atoms with Gasteiger partial charge in [-0.25, -0.2) is 0 Å². The van der Waals surface area contributed by atoms with Gasteiger partial charge in [-0.05, 0) is 31.2 Å². The van der Waals surface area contributed by atoms with Gasteiger partial charge in [-0.1, -0.05) is 56.0 Å². The summed E-state index contributed by atoms with van der Waals surface area (Å²) >= 11 is 0. The molecule has 0 saturated heterocycles. The Kier molecular flexibility index (Phi) is 6.08. The lowest BCUT2D eigenvalue weighted by Crippen LogP contribution is -2.36. The fraction of sp³-hybridized carbons (Fsp3) is 0.611. The molecule has 20 heavy (non-hydrogen) atoms. The monoisotopic (exact) mass is 270 g/mol. The fourth-order valence-corrected chi connectivity index (χ4v) is 3.20. The third-order valence-electron chi connectivity index (χ3n) is 4.61. The highest BCUT2D eigenvalue weighted by atomic mass is 14.9. The molecule has 1 aliphatic carbocycles. The van der Waals surface area contributed by atoms with E-state index in [1.165, 1.54) is 38.5 Å². The lowest BCUT2D eigenvalue weighted by atomic mass is 9.92. The van der Waals surface area contributed by atoms with Gasteiger partial charge in [0, 0.05) is 12.6 Å². The summed E-state index contributed by atoms with van der Waals surface area (Å²) in [5, 5.41) is 13.0. The molecule has 0 aliphatic heterocycles. The molecule has 2 atom stereocenters. The first-order valence-electron chi connectivity index (χ1n) is 7.99. The predicted molar refractivity (Wildman–Crippen MR) is 83.5 cm³/mol. The molecule has 1 saturated carbocycles. The molecule has 1 unspecified atom stereocenters. The van der Waals surface area contributed by atoms with Gasteiger partial charge in [0.15, 0.2) is 0 Å². The molecule has 1 fully saturated rings. The van der Waals surface area contributed by atoms with Crippen molar-refractivity contribution in [2.45, 2.75) is 57.4 Å². The average molecular weight is 270 g/mol. The third kappa shape index (κ3) is 4.35. The van der Waals surface area contributed by atoms with E-state index < -0.39 is 0 Å². The molecule has 0 radical (unpaired) electrons. The van der Waals surface area contributed by atoms with Crippen LogP contribution in [0.3, 0.4) is 0 Å². The molecule has 0 amide bonds. The Bertz CT molecular complexity index is 413. The Morgan fingerprint density at radius 1 is 1.15 bits per heavy atom. The van der Waals surface area contributed by atoms with Gasteiger partial charge < -0.3 is 5.32 Å². The van der Waals surface area contributed by atoms with E-state index in [1.807, 2.05) is 30.3 Å². The topological polar surface area (TPSA) is 35.8 Å². The molecule has 108 valence electrons. The lowest BCUT2D eigenvalue weighted by molar-refractivity contribution is 0.337. The van der Waals surface area contributed by atoms with Crippen LogP contribution in [0.25, 0.3) is 0 Å². The first-order chi connectivity index (χ1) is 9.81. The van der Waals surface area contributed by atoms with Crippen LogP contribution in [0, 0.1) is 17.2 Å². The third-order valence-corrected chi connectivity index (χ3v) is 4.61. The Labute approximate surface area is 123 Å². The van der Waals surface area contributed by atoms with Crippen LogP contribution in [-0.4, -0.2) is 12.6 Å². The zero-order valence-electron chi connectivity index (χ0n) is 12.5. The number of rotatable bonds is 5. The standard InChI is InChI=1S/C18H26N2/c1-15(16-9-5-2-3-6-10-16)20-14-18(13-19)17-11-7-4-8-12-17/h4,7-8,11-12,15-16,18,20H,2-3,5-6,9-10,14H2,1H3/t15-,18?/m0/s1. The second-order valence-corrected chi connectivity index (χ2v) is 6.04. The summed E-state index contributed by atoms with van der Waals surface area (Å²) in [5.74, 6) is 0.747. The van der Waals surface area contributed by atoms with E-state index in [1.54, 1.807) is 0 Å². The molecule has 2 heteroatoms. The first-order valence-corrected chi connectivity index (χ1v) is 7.99. The van der Waals surface area contributed by atoms with Gasteiger partial charge in [-0.3, -0.25) is 0 Å². The molecule has 2 rings (SSSR count). The number of nitrogens with one attached hydrogen (secondary N) is 1. The van der Waals surface area contributed by atoms with Gasteiger partial charge in [-0.15, -0.1) is 0 Å². The minimum atomic E-state index is -0.0376. The van der Waals surface area contributed by atoms with Crippen molar-refractivity contribution in [2.75, 3.05) is 6.54 Å². The summed E-state index contributed by atoms with van der Waals surface area (Å²) in [6.07, 6.45) is 8.23. The SMILES string of the molecule is C[C@H](NCC(C#N)c1ccccc1)C1CCCCCC1. The van der Waals surface area contributed by atoms with Gasteiger partial charge in [0.25, 0.3) is 0 Å². The van der Waals surface area contributed by atoms with Crippen molar-refractivity contribution in [1.29, 1.82) is 5.26 Å². The van der Waals surface area contributed by atoms with Gasteiger partial charge in [-0.2, -0.15) is 5.26 Å². The molecule has 1 aromatic rings. The zero-order valence-corrected chi connectivity index (χ0v) is 12.5. The van der Waals surface area contributed by atoms with Crippen molar-refractivity contribution >= 4 is 0 Å². The van der Waals surface area contributed by atoms with Gasteiger partial charge in [0.05, 0.1) is 12.0 Å². The van der Waals surface area contributed by atoms with Gasteiger partial charge in [0.1, 0.15) is 0 Å². The van der Waals surface area contributed by atoms with E-state index in [0.29, 0.717) is 6.04 Å². The summed E-state index contributed by atoms with van der Waals surface area (Å²) in [5.41, 5.74) is 1.12. The molecule has 1 aromatic carbocycles. The maximum absolute atomic E-state index is 9.36. The zero-order chi connectivity index (χ0) is 14.2. The van der Waals surface area contributed by atoms with Crippen LogP contribution in [0.4, 0.5) is 0 Å². The van der Waals surface area contributed by atoms with Gasteiger partial charge in [0.2, 0.25) is 0 Å². The molecule has 1 N–H and O–H groups in total. The lowest BCUT2D eigenvalue weighted by Gasteiger charge is -2.24. The normalized spacial score (nSPS) is 19.8. The van der Waals surface area contributed by atoms with Crippen molar-refractivity contribution in [3.63, 3.8) is 0 Å². The number of hydrogen-bond donors (Lipinski definition) is 1. The number of hydrogen-bond acceptors (Lipinski definition) is 2. The van der Waals surface area contributed by atoms with E-state index in [2.05, 4.69) is 18.3 Å². The van der Waals surface area contributed by atoms with E-state index in [0.717, 1.165) is 18.0 Å². The minimum Gasteiger partial charge on any atom is -0.312 e. The van der Waals surface area contributed by atoms with Crippen LogP contribution in [0.15, 0.2) is 30.3 Å². The Hall–Kier alpha value is -1.33. The molecule has 0 aromatic heterocycles. The second-order valence-electron chi connectivity index (χ2n) is 6.04. The highest BCUT2D eigenvalue weighted by Gasteiger charge is 2.20. The molecule has 0 bridgehead atoms. The van der Waals surface area contributed by atoms with Crippen LogP contribution in [0.2, 0.25) is 0 Å². The highest BCUT2D eigenvalue weighted by molar-refractivity contribution is 5.25. The van der Waals surface area contributed by atoms with Crippen molar-refractivity contribution < 1.29 is 0 Å². The van der Waals surface area contributed by atoms with Crippen LogP contribution < -0.4 is 5.32 Å². The van der Waals surface area contributed by atoms with Crippen LogP contribution in [0.5, 0.6) is 0 Å². The first kappa shape index (κ1) is 15.1. The van der Waals surface area contributed by atoms with Crippen molar-refractivity contribution in [3.05, 3.63) is 35.9 Å². The van der Waals surface area contributed by atoms with Crippen molar-refractivity contribution in [2.24, 2.45) is 5.92 Å². The fourth-order valence-electron chi connectivity index (χ4n) is 3.20. The summed E-state index contributed by atoms with van der Waals surface area (Å²) in [4.78, 5) is 0. The molecule has 2 nitrogen and oxygen atoms in total. The summed E-state index contributed by atoms with van der Waals surface area (Å²) < 4.78 is 0. The largest absolute Gasteiger partial charge is 0.312 e. The van der Waals surface area contributed by atoms with E-state index in [4.69, 9.17) is 0 Å². The molecule has 0 spiro atoms. The second kappa shape index (κ2) is 8.07. The predicted octanol–water partition coefficient (Wildman–Crippen LogP) is 4.24. The van der Waals surface area contributed by atoms with Crippen LogP contribution in [-0.2, 0) is 0 Å². The van der Waals surface area contributed by atoms with Crippen molar-refractivity contribution in [1.82, 2.24) is 5.32 Å². The number of nitriles is 1. The Balaban J connectivity index is 1.85. The smallest absolute Gasteiger partial charge is 0.0837 e. The Morgan fingerprint density at radius 2 is 1.80 bits per heavy atom. The van der Waals surface area contributed by atoms with E-state index in [9.17, 15) is 5.26 Å². The summed E-state index contributed by atoms with van der Waals surface area (Å²) in [6, 6.07) is 13.1. The number of benzene rings is 1. The van der Waals surface area contributed by atoms with E-state index >= 15 is 0 Å². The maximum atomic E-state index is 9.36. The van der Waals surface area contributed by atoms with Gasteiger partial charge >= 0.3 is 0 Å². The van der Waals surface area contributed by atoms with Crippen LogP contribution >= 0.6 is 0 Å². The van der Waals surface area contributed by atoms with E-state index in [-0.39, 0.29) is 5.92 Å². The minimum absolute atomic E-state index is 0.0376. The quantitative estimate of drug-likeness (QED) is 0.812. The highest BCUT2D eigenvalue weighted by Crippen LogP contribution is 2.25. The van der Waals surface area contributed by atoms with Crippen LogP contribution in [0.1, 0.15) is 56.9 Å². The van der Waals surface area contributed by atoms with Crippen molar-refractivity contribution in [3.8, 4) is 6.07 Å². The number of nitrogens with zero attached hydrogens (tertiary/aromatic N) is 1. The summed E-state index contributed by atoms with van der Waals surface area (Å²) in [6.45, 7) is 3.05. The summed E-state index contributed by atoms with van der Waals surface area (Å²) in [7, 11) is 0. The molecular weight excluding hydrogens is 244 g/mol. The Morgan fingerprint density at radius 3 is 2.40 bits per heavy atom. The molecular formula is C18H26N2. The molecule has 1 aliphatic rings. The molecule has 0 heterocycles. The maximum Gasteiger partial charge on any atom is 0.0837 e. The average Bonchev–Trinajstić information content (AvgIpc) is 2.78.